The van der Waals surface area contributed by atoms with E-state index in [-0.39, 0.29) is 0 Å². The van der Waals surface area contributed by atoms with E-state index in [1.54, 1.807) is 18.3 Å². The highest BCUT2D eigenvalue weighted by atomic mass is 35.5. The molecule has 4 heteroatoms. The minimum Gasteiger partial charge on any atom is -0.383 e. The zero-order chi connectivity index (χ0) is 13.0. The van der Waals surface area contributed by atoms with Gasteiger partial charge in [0.2, 0.25) is 0 Å². The van der Waals surface area contributed by atoms with E-state index in [0.29, 0.717) is 23.7 Å². The van der Waals surface area contributed by atoms with E-state index in [1.165, 1.54) is 0 Å². The maximum absolute atomic E-state index is 10.9. The van der Waals surface area contributed by atoms with Crippen molar-refractivity contribution in [2.45, 2.75) is 12.0 Å². The molecule has 0 spiro atoms. The Bertz CT molecular complexity index is 518. The van der Waals surface area contributed by atoms with Gasteiger partial charge in [-0.3, -0.25) is 0 Å². The molecule has 1 unspecified atom stereocenters. The lowest BCUT2D eigenvalue weighted by Crippen LogP contribution is -2.29. The lowest BCUT2D eigenvalue weighted by atomic mass is 9.84. The van der Waals surface area contributed by atoms with E-state index < -0.39 is 5.60 Å². The highest BCUT2D eigenvalue weighted by Crippen LogP contribution is 2.35. The molecule has 1 aromatic heterocycles. The molecular weight excluding hydrogens is 248 g/mol. The smallest absolute Gasteiger partial charge is 0.129 e. The van der Waals surface area contributed by atoms with Gasteiger partial charge in [-0.2, -0.15) is 0 Å². The zero-order valence-corrected chi connectivity index (χ0v) is 10.6. The Morgan fingerprint density at radius 1 is 1.17 bits per heavy atom. The van der Waals surface area contributed by atoms with Gasteiger partial charge in [0.15, 0.2) is 0 Å². The van der Waals surface area contributed by atoms with Crippen LogP contribution in [0.4, 0.5) is 5.82 Å². The van der Waals surface area contributed by atoms with Crippen LogP contribution in [0, 0.1) is 0 Å². The number of halogens is 1. The molecule has 1 atom stereocenters. The molecule has 2 rings (SSSR count). The Morgan fingerprint density at radius 3 is 2.50 bits per heavy atom. The van der Waals surface area contributed by atoms with Gasteiger partial charge in [-0.25, -0.2) is 4.98 Å². The number of hydrogen-bond acceptors (Lipinski definition) is 3. The maximum Gasteiger partial charge on any atom is 0.129 e. The lowest BCUT2D eigenvalue weighted by molar-refractivity contribution is 0.0780. The fourth-order valence-electron chi connectivity index (χ4n) is 2.05. The molecule has 0 saturated carbocycles. The number of rotatable bonds is 4. The highest BCUT2D eigenvalue weighted by Gasteiger charge is 2.32. The van der Waals surface area contributed by atoms with Crippen molar-refractivity contribution in [3.05, 3.63) is 59.8 Å². The Kier molecular flexibility index (Phi) is 3.84. The minimum atomic E-state index is -1.19. The molecule has 0 amide bonds. The molecule has 0 bridgehead atoms. The molecule has 1 heterocycles. The van der Waals surface area contributed by atoms with E-state index in [1.807, 2.05) is 30.3 Å². The Hall–Kier alpha value is -1.58. The van der Waals surface area contributed by atoms with Gasteiger partial charge in [0, 0.05) is 17.6 Å². The predicted octanol–water partition coefficient (Wildman–Crippen LogP) is 2.53. The maximum atomic E-state index is 10.9. The molecule has 0 saturated heterocycles. The summed E-state index contributed by atoms with van der Waals surface area (Å²) in [6.07, 6.45) is 1.99. The number of nitrogens with zero attached hydrogens (tertiary/aromatic N) is 1. The monoisotopic (exact) mass is 262 g/mol. The Morgan fingerprint density at radius 2 is 1.89 bits per heavy atom. The molecule has 2 aromatic rings. The second-order valence-corrected chi connectivity index (χ2v) is 4.48. The topological polar surface area (TPSA) is 59.1 Å². The van der Waals surface area contributed by atoms with Gasteiger partial charge in [-0.1, -0.05) is 36.4 Å². The quantitative estimate of drug-likeness (QED) is 0.833. The largest absolute Gasteiger partial charge is 0.383 e. The molecular formula is C14H15ClN2O. The molecule has 0 radical (unpaired) electrons. The first-order valence-electron chi connectivity index (χ1n) is 5.73. The van der Waals surface area contributed by atoms with Crippen LogP contribution < -0.4 is 5.73 Å². The first-order valence-corrected chi connectivity index (χ1v) is 6.27. The second kappa shape index (κ2) is 5.38. The van der Waals surface area contributed by atoms with Crippen molar-refractivity contribution in [3.63, 3.8) is 0 Å². The number of nitrogens with two attached hydrogens (primary N) is 1. The minimum absolute atomic E-state index is 0.328. The molecule has 0 aliphatic heterocycles. The molecule has 0 aliphatic carbocycles. The number of aromatic nitrogens is 1. The normalized spacial score (nSPS) is 14.1. The van der Waals surface area contributed by atoms with Crippen LogP contribution in [0.1, 0.15) is 17.5 Å². The van der Waals surface area contributed by atoms with Crippen molar-refractivity contribution < 1.29 is 5.11 Å². The molecule has 18 heavy (non-hydrogen) atoms. The van der Waals surface area contributed by atoms with Crippen molar-refractivity contribution in [1.82, 2.24) is 4.98 Å². The van der Waals surface area contributed by atoms with Crippen molar-refractivity contribution in [2.24, 2.45) is 0 Å². The van der Waals surface area contributed by atoms with Crippen LogP contribution in [0.25, 0.3) is 0 Å². The zero-order valence-electron chi connectivity index (χ0n) is 9.88. The number of nitrogen functional groups attached to an aromatic ring is 1. The van der Waals surface area contributed by atoms with Crippen molar-refractivity contribution in [2.75, 3.05) is 11.6 Å². The Labute approximate surface area is 111 Å². The first kappa shape index (κ1) is 12.9. The van der Waals surface area contributed by atoms with Crippen LogP contribution in [-0.4, -0.2) is 16.0 Å². The van der Waals surface area contributed by atoms with E-state index in [0.717, 1.165) is 5.56 Å². The molecule has 0 aliphatic rings. The highest BCUT2D eigenvalue weighted by molar-refractivity contribution is 6.17. The number of alkyl halides is 1. The Balaban J connectivity index is 2.55. The van der Waals surface area contributed by atoms with Gasteiger partial charge >= 0.3 is 0 Å². The second-order valence-electron chi connectivity index (χ2n) is 4.10. The summed E-state index contributed by atoms with van der Waals surface area (Å²) in [5.74, 6) is 0.661. The predicted molar refractivity (Wildman–Crippen MR) is 73.4 cm³/mol. The summed E-state index contributed by atoms with van der Waals surface area (Å²) in [5, 5.41) is 10.9. The van der Waals surface area contributed by atoms with Gasteiger partial charge in [-0.15, -0.1) is 11.6 Å². The molecule has 1 aromatic carbocycles. The number of aliphatic hydroxyl groups is 1. The summed E-state index contributed by atoms with van der Waals surface area (Å²) < 4.78 is 0. The van der Waals surface area contributed by atoms with Gasteiger partial charge < -0.3 is 10.8 Å². The average Bonchev–Trinajstić information content (AvgIpc) is 2.40. The lowest BCUT2D eigenvalue weighted by Gasteiger charge is -2.29. The van der Waals surface area contributed by atoms with Crippen LogP contribution in [-0.2, 0) is 5.60 Å². The fourth-order valence-corrected chi connectivity index (χ4v) is 2.33. The van der Waals surface area contributed by atoms with Gasteiger partial charge in [-0.05, 0) is 18.1 Å². The van der Waals surface area contributed by atoms with Crippen LogP contribution in [0.5, 0.6) is 0 Å². The third-order valence-electron chi connectivity index (χ3n) is 2.99. The van der Waals surface area contributed by atoms with E-state index >= 15 is 0 Å². The molecule has 3 nitrogen and oxygen atoms in total. The standard InChI is InChI=1S/C14H15ClN2O/c15-9-8-14(18,11-5-2-1-3-6-11)12-7-4-10-17-13(12)16/h1-7,10,18H,8-9H2,(H2,16,17). The summed E-state index contributed by atoms with van der Waals surface area (Å²) in [6.45, 7) is 0. The summed E-state index contributed by atoms with van der Waals surface area (Å²) in [5.41, 5.74) is 6.03. The van der Waals surface area contributed by atoms with E-state index in [9.17, 15) is 5.11 Å². The SMILES string of the molecule is Nc1ncccc1C(O)(CCCl)c1ccccc1. The third-order valence-corrected chi connectivity index (χ3v) is 3.18. The van der Waals surface area contributed by atoms with Crippen LogP contribution in [0.15, 0.2) is 48.7 Å². The summed E-state index contributed by atoms with van der Waals surface area (Å²) in [4.78, 5) is 4.03. The molecule has 94 valence electrons. The number of pyridine rings is 1. The summed E-state index contributed by atoms with van der Waals surface area (Å²) in [7, 11) is 0. The van der Waals surface area contributed by atoms with Gasteiger partial charge in [0.05, 0.1) is 0 Å². The van der Waals surface area contributed by atoms with Crippen molar-refractivity contribution >= 4 is 17.4 Å². The van der Waals surface area contributed by atoms with Crippen LogP contribution in [0.3, 0.4) is 0 Å². The summed E-state index contributed by atoms with van der Waals surface area (Å²) in [6, 6.07) is 12.9. The molecule has 0 fully saturated rings. The summed E-state index contributed by atoms with van der Waals surface area (Å²) >= 11 is 5.82. The number of benzene rings is 1. The van der Waals surface area contributed by atoms with Gasteiger partial charge in [0.1, 0.15) is 11.4 Å². The van der Waals surface area contributed by atoms with Crippen LogP contribution >= 0.6 is 11.6 Å². The van der Waals surface area contributed by atoms with E-state index in [2.05, 4.69) is 4.98 Å². The first-order chi connectivity index (χ1) is 8.68. The number of hydrogen-bond donors (Lipinski definition) is 2. The molecule has 3 N–H and O–H groups in total. The van der Waals surface area contributed by atoms with Gasteiger partial charge in [0.25, 0.3) is 0 Å². The van der Waals surface area contributed by atoms with Crippen LogP contribution in [0.2, 0.25) is 0 Å². The fraction of sp³-hybridized carbons (Fsp3) is 0.214. The van der Waals surface area contributed by atoms with E-state index in [4.69, 9.17) is 17.3 Å². The average molecular weight is 263 g/mol. The van der Waals surface area contributed by atoms with Crippen molar-refractivity contribution in [3.8, 4) is 0 Å². The van der Waals surface area contributed by atoms with Crippen molar-refractivity contribution in [1.29, 1.82) is 0 Å². The third kappa shape index (κ3) is 2.33. The number of anilines is 1.